The molecule has 0 atom stereocenters. The molecule has 1 aromatic carbocycles. The van der Waals surface area contributed by atoms with Gasteiger partial charge in [0, 0.05) is 7.05 Å². The quantitative estimate of drug-likeness (QED) is 0.714. The molecule has 0 unspecified atom stereocenters. The van der Waals surface area contributed by atoms with Crippen molar-refractivity contribution in [3.05, 3.63) is 41.7 Å². The molecular weight excluding hydrogens is 181 g/mol. The number of amides is 1. The van der Waals surface area contributed by atoms with E-state index in [4.69, 9.17) is 11.6 Å². The fraction of sp³-hybridized carbons (Fsp3) is 0. The van der Waals surface area contributed by atoms with Crippen molar-refractivity contribution in [2.24, 2.45) is 0 Å². The third kappa shape index (κ3) is 1.56. The Morgan fingerprint density at radius 3 is 2.83 bits per heavy atom. The molecule has 2 nitrogen and oxygen atoms in total. The summed E-state index contributed by atoms with van der Waals surface area (Å²) < 4.78 is 13.0. The molecule has 0 saturated carbocycles. The van der Waals surface area contributed by atoms with E-state index in [0.29, 0.717) is 0 Å². The molecule has 1 amide bonds. The SMILES string of the molecule is [CH2]NC(=O)c1cccc(Cl)c1F. The van der Waals surface area contributed by atoms with Crippen LogP contribution in [0.25, 0.3) is 0 Å². The predicted molar refractivity (Wildman–Crippen MR) is 44.2 cm³/mol. The summed E-state index contributed by atoms with van der Waals surface area (Å²) in [5.74, 6) is -1.31. The summed E-state index contributed by atoms with van der Waals surface area (Å²) in [5, 5.41) is 1.99. The number of carbonyl (C=O) groups excluding carboxylic acids is 1. The van der Waals surface area contributed by atoms with Crippen molar-refractivity contribution in [2.45, 2.75) is 0 Å². The van der Waals surface area contributed by atoms with E-state index in [1.165, 1.54) is 18.2 Å². The third-order valence-corrected chi connectivity index (χ3v) is 1.65. The van der Waals surface area contributed by atoms with Gasteiger partial charge in [0.2, 0.25) is 0 Å². The summed E-state index contributed by atoms with van der Waals surface area (Å²) in [4.78, 5) is 10.9. The summed E-state index contributed by atoms with van der Waals surface area (Å²) in [7, 11) is 3.12. The molecule has 0 heterocycles. The number of rotatable bonds is 1. The van der Waals surface area contributed by atoms with Crippen LogP contribution in [0.4, 0.5) is 4.39 Å². The molecule has 4 heteroatoms. The van der Waals surface area contributed by atoms with Crippen LogP contribution in [0.3, 0.4) is 0 Å². The molecule has 1 aromatic rings. The minimum Gasteiger partial charge on any atom is -0.350 e. The van der Waals surface area contributed by atoms with Crippen LogP contribution in [0, 0.1) is 12.9 Å². The van der Waals surface area contributed by atoms with E-state index in [1.807, 2.05) is 0 Å². The van der Waals surface area contributed by atoms with Crippen LogP contribution in [0.5, 0.6) is 0 Å². The lowest BCUT2D eigenvalue weighted by atomic mass is 10.2. The van der Waals surface area contributed by atoms with E-state index in [1.54, 1.807) is 0 Å². The van der Waals surface area contributed by atoms with Crippen LogP contribution in [0.15, 0.2) is 18.2 Å². The second-order valence-corrected chi connectivity index (χ2v) is 2.51. The van der Waals surface area contributed by atoms with E-state index in [0.717, 1.165) is 0 Å². The van der Waals surface area contributed by atoms with Gasteiger partial charge in [-0.1, -0.05) is 17.7 Å². The van der Waals surface area contributed by atoms with Crippen LogP contribution in [-0.2, 0) is 0 Å². The van der Waals surface area contributed by atoms with Gasteiger partial charge in [-0.3, -0.25) is 4.79 Å². The Kier molecular flexibility index (Phi) is 2.65. The molecule has 63 valence electrons. The summed E-state index contributed by atoms with van der Waals surface area (Å²) in [6.45, 7) is 0. The van der Waals surface area contributed by atoms with Crippen LogP contribution >= 0.6 is 11.6 Å². The van der Waals surface area contributed by atoms with Crippen molar-refractivity contribution in [1.82, 2.24) is 5.32 Å². The Morgan fingerprint density at radius 2 is 2.25 bits per heavy atom. The highest BCUT2D eigenvalue weighted by atomic mass is 35.5. The number of hydrogen-bond acceptors (Lipinski definition) is 1. The molecular formula is C8H6ClFNO. The van der Waals surface area contributed by atoms with Gasteiger partial charge in [0.25, 0.3) is 5.91 Å². The fourth-order valence-corrected chi connectivity index (χ4v) is 0.949. The number of hydrogen-bond donors (Lipinski definition) is 1. The molecule has 0 aromatic heterocycles. The third-order valence-electron chi connectivity index (χ3n) is 1.36. The van der Waals surface area contributed by atoms with Gasteiger partial charge in [-0.2, -0.15) is 0 Å². The van der Waals surface area contributed by atoms with Crippen LogP contribution < -0.4 is 5.32 Å². The summed E-state index contributed by atoms with van der Waals surface area (Å²) >= 11 is 5.44. The predicted octanol–water partition coefficient (Wildman–Crippen LogP) is 2.00. The van der Waals surface area contributed by atoms with Gasteiger partial charge in [-0.05, 0) is 12.1 Å². The molecule has 12 heavy (non-hydrogen) atoms. The Bertz CT molecular complexity index is 314. The number of benzene rings is 1. The highest BCUT2D eigenvalue weighted by molar-refractivity contribution is 6.31. The van der Waals surface area contributed by atoms with Crippen LogP contribution in [0.1, 0.15) is 10.4 Å². The van der Waals surface area contributed by atoms with Gasteiger partial charge < -0.3 is 5.32 Å². The van der Waals surface area contributed by atoms with E-state index in [2.05, 4.69) is 12.4 Å². The second kappa shape index (κ2) is 3.54. The smallest absolute Gasteiger partial charge is 0.254 e. The standard InChI is InChI=1S/C8H6ClFNO/c1-11-8(12)5-3-2-4-6(9)7(5)10/h2-4H,1H2,(H,11,12). The lowest BCUT2D eigenvalue weighted by molar-refractivity contribution is 0.0965. The maximum absolute atomic E-state index is 13.0. The molecule has 0 bridgehead atoms. The molecule has 0 aliphatic rings. The van der Waals surface area contributed by atoms with E-state index < -0.39 is 11.7 Å². The van der Waals surface area contributed by atoms with E-state index >= 15 is 0 Å². The van der Waals surface area contributed by atoms with Crippen molar-refractivity contribution >= 4 is 17.5 Å². The summed E-state index contributed by atoms with van der Waals surface area (Å²) in [5.41, 5.74) is -0.0995. The van der Waals surface area contributed by atoms with Crippen LogP contribution in [0.2, 0.25) is 5.02 Å². The van der Waals surface area contributed by atoms with Crippen molar-refractivity contribution < 1.29 is 9.18 Å². The maximum Gasteiger partial charge on any atom is 0.254 e. The molecule has 0 aliphatic carbocycles. The average molecular weight is 187 g/mol. The zero-order valence-corrected chi connectivity index (χ0v) is 6.86. The van der Waals surface area contributed by atoms with Gasteiger partial charge in [0.1, 0.15) is 0 Å². The van der Waals surface area contributed by atoms with Crippen molar-refractivity contribution in [3.8, 4) is 0 Å². The van der Waals surface area contributed by atoms with Gasteiger partial charge in [0.05, 0.1) is 10.6 Å². The van der Waals surface area contributed by atoms with E-state index in [9.17, 15) is 9.18 Å². The first-order chi connectivity index (χ1) is 5.66. The minimum absolute atomic E-state index is 0.0731. The van der Waals surface area contributed by atoms with Crippen molar-refractivity contribution in [1.29, 1.82) is 0 Å². The first-order valence-corrected chi connectivity index (χ1v) is 3.56. The normalized spacial score (nSPS) is 9.58. The highest BCUT2D eigenvalue weighted by Gasteiger charge is 2.11. The fourth-order valence-electron chi connectivity index (χ4n) is 0.774. The Balaban J connectivity index is 3.16. The lowest BCUT2D eigenvalue weighted by Gasteiger charge is -2.01. The summed E-state index contributed by atoms with van der Waals surface area (Å²) in [6, 6.07) is 4.20. The number of halogens is 2. The molecule has 0 fully saturated rings. The van der Waals surface area contributed by atoms with Crippen molar-refractivity contribution in [2.75, 3.05) is 0 Å². The second-order valence-electron chi connectivity index (χ2n) is 2.11. The molecule has 0 spiro atoms. The Hall–Kier alpha value is -1.09. The number of carbonyl (C=O) groups is 1. The first kappa shape index (κ1) is 9.00. The molecule has 1 radical (unpaired) electrons. The lowest BCUT2D eigenvalue weighted by Crippen LogP contribution is -2.17. The van der Waals surface area contributed by atoms with Gasteiger partial charge in [-0.25, -0.2) is 4.39 Å². The first-order valence-electron chi connectivity index (χ1n) is 3.18. The molecule has 1 N–H and O–H groups in total. The Morgan fingerprint density at radius 1 is 1.58 bits per heavy atom. The van der Waals surface area contributed by atoms with E-state index in [-0.39, 0.29) is 10.6 Å². The maximum atomic E-state index is 13.0. The Labute approximate surface area is 74.3 Å². The van der Waals surface area contributed by atoms with Crippen molar-refractivity contribution in [3.63, 3.8) is 0 Å². The zero-order chi connectivity index (χ0) is 9.14. The largest absolute Gasteiger partial charge is 0.350 e. The highest BCUT2D eigenvalue weighted by Crippen LogP contribution is 2.17. The molecule has 1 rings (SSSR count). The number of nitrogens with one attached hydrogen (secondary N) is 1. The van der Waals surface area contributed by atoms with Gasteiger partial charge in [-0.15, -0.1) is 0 Å². The van der Waals surface area contributed by atoms with Gasteiger partial charge in [0.15, 0.2) is 5.82 Å². The minimum atomic E-state index is -0.722. The molecule has 0 saturated heterocycles. The molecule has 0 aliphatic heterocycles. The average Bonchev–Trinajstić information content (AvgIpc) is 2.08. The monoisotopic (exact) mass is 186 g/mol. The summed E-state index contributed by atoms with van der Waals surface area (Å²) in [6.07, 6.45) is 0. The van der Waals surface area contributed by atoms with Gasteiger partial charge >= 0.3 is 0 Å². The van der Waals surface area contributed by atoms with Crippen LogP contribution in [-0.4, -0.2) is 5.91 Å². The topological polar surface area (TPSA) is 29.1 Å². The zero-order valence-electron chi connectivity index (χ0n) is 6.10.